The number of benzene rings is 1. The number of amides is 2. The van der Waals surface area contributed by atoms with Crippen molar-refractivity contribution in [2.45, 2.75) is 25.6 Å². The van der Waals surface area contributed by atoms with Gasteiger partial charge in [0.1, 0.15) is 23.4 Å². The highest BCUT2D eigenvalue weighted by molar-refractivity contribution is 6.40. The van der Waals surface area contributed by atoms with E-state index in [1.54, 1.807) is 4.90 Å². The number of anilines is 2. The monoisotopic (exact) mass is 597 g/mol. The van der Waals surface area contributed by atoms with Gasteiger partial charge in [0, 0.05) is 64.1 Å². The summed E-state index contributed by atoms with van der Waals surface area (Å²) in [6.07, 6.45) is -4.80. The number of carbonyl (C=O) groups is 2. The van der Waals surface area contributed by atoms with Crippen LogP contribution in [0.25, 0.3) is 0 Å². The Labute approximate surface area is 240 Å². The molecule has 2 aliphatic heterocycles. The number of hydrogen-bond acceptors (Lipinski definition) is 7. The maximum atomic E-state index is 13.7. The van der Waals surface area contributed by atoms with Crippen molar-refractivity contribution in [1.29, 1.82) is 0 Å². The Balaban J connectivity index is 1.61. The first-order valence-corrected chi connectivity index (χ1v) is 13.4. The van der Waals surface area contributed by atoms with Crippen molar-refractivity contribution in [1.82, 2.24) is 19.7 Å². The number of pyridine rings is 1. The molecule has 1 aromatic heterocycles. The van der Waals surface area contributed by atoms with Gasteiger partial charge in [0.05, 0.1) is 10.6 Å². The molecule has 2 amide bonds. The molecule has 1 fully saturated rings. The number of piperazine rings is 1. The van der Waals surface area contributed by atoms with E-state index in [1.165, 1.54) is 31.0 Å². The highest BCUT2D eigenvalue weighted by Crippen LogP contribution is 2.34. The number of hydrazone groups is 1. The Kier molecular flexibility index (Phi) is 9.19. The minimum absolute atomic E-state index is 0.0486. The van der Waals surface area contributed by atoms with E-state index in [-0.39, 0.29) is 40.3 Å². The fourth-order valence-electron chi connectivity index (χ4n) is 4.72. The van der Waals surface area contributed by atoms with E-state index in [0.717, 1.165) is 36.3 Å². The molecule has 2 aliphatic rings. The summed E-state index contributed by atoms with van der Waals surface area (Å²) in [5, 5.41) is 5.24. The lowest BCUT2D eigenvalue weighted by Crippen LogP contribution is -2.51. The van der Waals surface area contributed by atoms with Gasteiger partial charge >= 0.3 is 6.18 Å². The van der Waals surface area contributed by atoms with Crippen LogP contribution >= 0.6 is 11.6 Å². The second-order valence-corrected chi connectivity index (χ2v) is 10.8. The van der Waals surface area contributed by atoms with Crippen LogP contribution < -0.4 is 9.91 Å². The number of hydrogen-bond donors (Lipinski definition) is 0. The molecule has 0 bridgehead atoms. The van der Waals surface area contributed by atoms with Crippen LogP contribution in [0, 0.1) is 12.7 Å². The zero-order valence-electron chi connectivity index (χ0n) is 23.3. The predicted octanol–water partition coefficient (Wildman–Crippen LogP) is 3.50. The lowest BCUT2D eigenvalue weighted by molar-refractivity contribution is -0.137. The topological polar surface area (TPSA) is 75.6 Å². The molecule has 41 heavy (non-hydrogen) atoms. The summed E-state index contributed by atoms with van der Waals surface area (Å²) in [6, 6.07) is 4.27. The molecule has 1 unspecified atom stereocenters. The molecule has 14 heteroatoms. The van der Waals surface area contributed by atoms with E-state index in [0.29, 0.717) is 26.2 Å². The third kappa shape index (κ3) is 7.14. The van der Waals surface area contributed by atoms with E-state index in [1.807, 2.05) is 14.1 Å². The van der Waals surface area contributed by atoms with Crippen molar-refractivity contribution < 1.29 is 27.2 Å². The molecule has 3 heterocycles. The first-order chi connectivity index (χ1) is 19.2. The predicted molar refractivity (Wildman–Crippen MR) is 149 cm³/mol. The second kappa shape index (κ2) is 12.3. The fourth-order valence-corrected chi connectivity index (χ4v) is 4.89. The quantitative estimate of drug-likeness (QED) is 0.455. The normalized spacial score (nSPS) is 18.2. The number of alkyl halides is 3. The molecular formula is C27H32ClF4N7O2. The Morgan fingerprint density at radius 3 is 2.37 bits per heavy atom. The molecule has 0 N–H and O–H groups in total. The summed E-state index contributed by atoms with van der Waals surface area (Å²) >= 11 is 5.90. The highest BCUT2D eigenvalue weighted by atomic mass is 35.5. The minimum atomic E-state index is -4.65. The van der Waals surface area contributed by atoms with Crippen LogP contribution in [-0.4, -0.2) is 104 Å². The Morgan fingerprint density at radius 2 is 1.76 bits per heavy atom. The minimum Gasteiger partial charge on any atom is -0.335 e. The first kappa shape index (κ1) is 30.7. The molecule has 0 radical (unpaired) electrons. The molecule has 1 aromatic carbocycles. The molecule has 222 valence electrons. The van der Waals surface area contributed by atoms with E-state index in [9.17, 15) is 27.2 Å². The van der Waals surface area contributed by atoms with Gasteiger partial charge in [-0.2, -0.15) is 18.3 Å². The van der Waals surface area contributed by atoms with Crippen LogP contribution in [0.4, 0.5) is 29.1 Å². The van der Waals surface area contributed by atoms with E-state index >= 15 is 0 Å². The summed E-state index contributed by atoms with van der Waals surface area (Å²) < 4.78 is 54.6. The largest absolute Gasteiger partial charge is 0.416 e. The van der Waals surface area contributed by atoms with Crippen molar-refractivity contribution >= 4 is 40.6 Å². The number of halogens is 5. The highest BCUT2D eigenvalue weighted by Gasteiger charge is 2.41. The van der Waals surface area contributed by atoms with Gasteiger partial charge < -0.3 is 14.7 Å². The summed E-state index contributed by atoms with van der Waals surface area (Å²) in [4.78, 5) is 38.6. The van der Waals surface area contributed by atoms with E-state index in [4.69, 9.17) is 11.6 Å². The van der Waals surface area contributed by atoms with Crippen LogP contribution in [-0.2, 0) is 15.8 Å². The fraction of sp³-hybridized carbons (Fsp3) is 0.481. The van der Waals surface area contributed by atoms with E-state index < -0.39 is 29.5 Å². The van der Waals surface area contributed by atoms with Crippen molar-refractivity contribution in [2.75, 3.05) is 70.3 Å². The standard InChI is InChI=1S/C27H32ClF4N7O2/c1-17-13-18(27(30,31)32)14-24(33-17)39-23(26(41)36(4)19-5-6-21(29)20(28)15-19)16-22(34-39)25(40)38-11-9-37(10-12-38)8-7-35(2)3/h5-6,13-15,23H,7-12,16H2,1-4H3. The van der Waals surface area contributed by atoms with Gasteiger partial charge in [0.25, 0.3) is 11.8 Å². The molecule has 1 saturated heterocycles. The summed E-state index contributed by atoms with van der Waals surface area (Å²) in [7, 11) is 5.41. The van der Waals surface area contributed by atoms with Gasteiger partial charge in [-0.3, -0.25) is 14.5 Å². The number of aromatic nitrogens is 1. The van der Waals surface area contributed by atoms with Crippen LogP contribution in [0.3, 0.4) is 0 Å². The van der Waals surface area contributed by atoms with Crippen molar-refractivity contribution in [3.05, 3.63) is 52.4 Å². The van der Waals surface area contributed by atoms with Crippen LogP contribution in [0.1, 0.15) is 17.7 Å². The maximum absolute atomic E-state index is 13.7. The Hall–Kier alpha value is -3.29. The summed E-state index contributed by atoms with van der Waals surface area (Å²) in [5.41, 5.74) is -0.562. The summed E-state index contributed by atoms with van der Waals surface area (Å²) in [5.74, 6) is -1.84. The maximum Gasteiger partial charge on any atom is 0.416 e. The van der Waals surface area contributed by atoms with Gasteiger partial charge in [-0.1, -0.05) is 11.6 Å². The number of nitrogens with zero attached hydrogens (tertiary/aromatic N) is 7. The first-order valence-electron chi connectivity index (χ1n) is 13.1. The zero-order chi connectivity index (χ0) is 30.1. The second-order valence-electron chi connectivity index (χ2n) is 10.4. The van der Waals surface area contributed by atoms with Crippen LogP contribution in [0.15, 0.2) is 35.4 Å². The zero-order valence-corrected chi connectivity index (χ0v) is 24.0. The molecule has 0 spiro atoms. The Bertz CT molecular complexity index is 1330. The third-order valence-electron chi connectivity index (χ3n) is 7.09. The molecule has 1 atom stereocenters. The average Bonchev–Trinajstić information content (AvgIpc) is 3.37. The number of aryl methyl sites for hydroxylation is 1. The molecule has 2 aromatic rings. The van der Waals surface area contributed by atoms with Gasteiger partial charge in [0.15, 0.2) is 0 Å². The van der Waals surface area contributed by atoms with Gasteiger partial charge in [-0.05, 0) is 51.4 Å². The van der Waals surface area contributed by atoms with Crippen molar-refractivity contribution in [3.63, 3.8) is 0 Å². The number of likely N-dealkylation sites (N-methyl/N-ethyl adjacent to an activating group) is 2. The molecule has 4 rings (SSSR count). The number of carbonyl (C=O) groups excluding carboxylic acids is 2. The third-order valence-corrected chi connectivity index (χ3v) is 7.38. The van der Waals surface area contributed by atoms with Crippen LogP contribution in [0.5, 0.6) is 0 Å². The molecule has 0 aliphatic carbocycles. The lowest BCUT2D eigenvalue weighted by atomic mass is 10.1. The molecule has 0 saturated carbocycles. The lowest BCUT2D eigenvalue weighted by Gasteiger charge is -2.35. The number of rotatable bonds is 7. The average molecular weight is 598 g/mol. The van der Waals surface area contributed by atoms with Crippen LogP contribution in [0.2, 0.25) is 5.02 Å². The van der Waals surface area contributed by atoms with Gasteiger partial charge in [-0.25, -0.2) is 14.4 Å². The van der Waals surface area contributed by atoms with Gasteiger partial charge in [-0.15, -0.1) is 0 Å². The Morgan fingerprint density at radius 1 is 1.07 bits per heavy atom. The van der Waals surface area contributed by atoms with Crippen molar-refractivity contribution in [2.24, 2.45) is 5.10 Å². The summed E-state index contributed by atoms with van der Waals surface area (Å²) in [6.45, 7) is 5.40. The van der Waals surface area contributed by atoms with Gasteiger partial charge in [0.2, 0.25) is 0 Å². The molecular weight excluding hydrogens is 566 g/mol. The SMILES string of the molecule is Cc1cc(C(F)(F)F)cc(N2N=C(C(=O)N3CCN(CCN(C)C)CC3)CC2C(=O)N(C)c2ccc(F)c(Cl)c2)n1. The smallest absolute Gasteiger partial charge is 0.335 e. The van der Waals surface area contributed by atoms with Crippen molar-refractivity contribution in [3.8, 4) is 0 Å². The van der Waals surface area contributed by atoms with E-state index in [2.05, 4.69) is 19.9 Å². The molecule has 9 nitrogen and oxygen atoms in total.